The van der Waals surface area contributed by atoms with Crippen LogP contribution in [0, 0.1) is 0 Å². The summed E-state index contributed by atoms with van der Waals surface area (Å²) in [4.78, 5) is 0. The van der Waals surface area contributed by atoms with Crippen LogP contribution in [0.3, 0.4) is 0 Å². The maximum absolute atomic E-state index is 9.20. The minimum absolute atomic E-state index is 0.120. The second kappa shape index (κ2) is 4.67. The quantitative estimate of drug-likeness (QED) is 0.941. The summed E-state index contributed by atoms with van der Waals surface area (Å²) in [5.41, 5.74) is 1.49. The van der Waals surface area contributed by atoms with Gasteiger partial charge in [0.05, 0.1) is 19.3 Å². The van der Waals surface area contributed by atoms with Crippen molar-refractivity contribution >= 4 is 15.9 Å². The Bertz CT molecular complexity index is 478. The number of aliphatic hydroxyl groups excluding tert-OH is 1. The number of hydrogen-bond donors (Lipinski definition) is 1. The highest BCUT2D eigenvalue weighted by molar-refractivity contribution is 9.10. The molecule has 0 saturated heterocycles. The van der Waals surface area contributed by atoms with Gasteiger partial charge in [0.25, 0.3) is 0 Å². The molecule has 2 aromatic rings. The lowest BCUT2D eigenvalue weighted by atomic mass is 10.1. The molecule has 2 rings (SSSR count). The van der Waals surface area contributed by atoms with Gasteiger partial charge in [-0.15, -0.1) is 0 Å². The number of nitrogens with zero attached hydrogens (tertiary/aromatic N) is 1. The van der Waals surface area contributed by atoms with Gasteiger partial charge in [-0.3, -0.25) is 0 Å². The number of halogens is 1. The first-order valence-electron chi connectivity index (χ1n) is 4.65. The smallest absolute Gasteiger partial charge is 0.173 e. The summed E-state index contributed by atoms with van der Waals surface area (Å²) >= 11 is 3.21. The van der Waals surface area contributed by atoms with Crippen LogP contribution < -0.4 is 4.74 Å². The lowest BCUT2D eigenvalue weighted by Gasteiger charge is -2.01. The molecule has 0 saturated carbocycles. The van der Waals surface area contributed by atoms with Crippen molar-refractivity contribution in [1.29, 1.82) is 0 Å². The second-order valence-corrected chi connectivity index (χ2v) is 3.92. The van der Waals surface area contributed by atoms with E-state index in [2.05, 4.69) is 21.1 Å². The van der Waals surface area contributed by atoms with E-state index in [9.17, 15) is 5.11 Å². The van der Waals surface area contributed by atoms with E-state index >= 15 is 0 Å². The van der Waals surface area contributed by atoms with E-state index in [1.54, 1.807) is 7.11 Å². The molecule has 0 unspecified atom stereocenters. The molecule has 1 heterocycles. The number of benzene rings is 1. The van der Waals surface area contributed by atoms with E-state index in [-0.39, 0.29) is 6.61 Å². The Morgan fingerprint density at radius 1 is 1.38 bits per heavy atom. The molecule has 0 atom stereocenters. The van der Waals surface area contributed by atoms with Crippen LogP contribution in [0.2, 0.25) is 0 Å². The van der Waals surface area contributed by atoms with E-state index in [1.165, 1.54) is 0 Å². The van der Waals surface area contributed by atoms with Gasteiger partial charge in [-0.05, 0) is 40.2 Å². The van der Waals surface area contributed by atoms with E-state index in [4.69, 9.17) is 9.26 Å². The van der Waals surface area contributed by atoms with Gasteiger partial charge in [0.15, 0.2) is 10.4 Å². The van der Waals surface area contributed by atoms with Gasteiger partial charge in [0.1, 0.15) is 5.75 Å². The normalized spacial score (nSPS) is 10.4. The second-order valence-electron chi connectivity index (χ2n) is 3.17. The van der Waals surface area contributed by atoms with E-state index in [1.807, 2.05) is 24.3 Å². The lowest BCUT2D eigenvalue weighted by molar-refractivity contribution is 0.281. The van der Waals surface area contributed by atoms with Gasteiger partial charge in [0.2, 0.25) is 0 Å². The van der Waals surface area contributed by atoms with Gasteiger partial charge in [-0.25, -0.2) is 0 Å². The molecule has 0 fully saturated rings. The van der Waals surface area contributed by atoms with Crippen molar-refractivity contribution in [2.24, 2.45) is 0 Å². The Hall–Kier alpha value is -1.33. The highest BCUT2D eigenvalue weighted by atomic mass is 79.9. The Kier molecular flexibility index (Phi) is 3.26. The van der Waals surface area contributed by atoms with Gasteiger partial charge < -0.3 is 14.4 Å². The molecule has 0 aliphatic rings. The average Bonchev–Trinajstić information content (AvgIpc) is 2.70. The number of rotatable bonds is 3. The highest BCUT2D eigenvalue weighted by Crippen LogP contribution is 2.30. The third-order valence-electron chi connectivity index (χ3n) is 2.25. The molecule has 16 heavy (non-hydrogen) atoms. The fourth-order valence-corrected chi connectivity index (χ4v) is 1.77. The van der Waals surface area contributed by atoms with Crippen LogP contribution >= 0.6 is 15.9 Å². The molecule has 1 aromatic carbocycles. The molecule has 0 bridgehead atoms. The van der Waals surface area contributed by atoms with Crippen molar-refractivity contribution in [3.63, 3.8) is 0 Å². The zero-order valence-corrected chi connectivity index (χ0v) is 10.2. The van der Waals surface area contributed by atoms with Crippen LogP contribution in [0.1, 0.15) is 5.56 Å². The molecule has 1 aromatic heterocycles. The largest absolute Gasteiger partial charge is 0.497 e. The molecule has 1 N–H and O–H groups in total. The van der Waals surface area contributed by atoms with E-state index in [0.717, 1.165) is 11.3 Å². The first kappa shape index (κ1) is 11.2. The van der Waals surface area contributed by atoms with Crippen LogP contribution in [0.15, 0.2) is 33.4 Å². The van der Waals surface area contributed by atoms with Crippen LogP contribution in [0.5, 0.6) is 5.75 Å². The molecule has 4 nitrogen and oxygen atoms in total. The molecular formula is C11H10BrNO3. The number of aliphatic hydroxyl groups is 1. The minimum atomic E-state index is -0.120. The van der Waals surface area contributed by atoms with Gasteiger partial charge >= 0.3 is 0 Å². The maximum Gasteiger partial charge on any atom is 0.173 e. The summed E-state index contributed by atoms with van der Waals surface area (Å²) < 4.78 is 10.7. The van der Waals surface area contributed by atoms with Crippen molar-refractivity contribution in [2.45, 2.75) is 6.61 Å². The first-order chi connectivity index (χ1) is 7.76. The predicted octanol–water partition coefficient (Wildman–Crippen LogP) is 2.61. The van der Waals surface area contributed by atoms with Gasteiger partial charge in [0, 0.05) is 5.56 Å². The van der Waals surface area contributed by atoms with Gasteiger partial charge in [-0.1, -0.05) is 5.16 Å². The van der Waals surface area contributed by atoms with E-state index < -0.39 is 0 Å². The Labute approximate surface area is 101 Å². The standard InChI is InChI=1S/C11H10BrNO3/c1-15-8-4-2-7(3-5-8)10-9(6-14)11(12)13-16-10/h2-5,14H,6H2,1H3. The summed E-state index contributed by atoms with van der Waals surface area (Å²) in [5, 5.41) is 13.0. The Morgan fingerprint density at radius 3 is 2.62 bits per heavy atom. The first-order valence-corrected chi connectivity index (χ1v) is 5.45. The number of ether oxygens (including phenoxy) is 1. The molecule has 5 heteroatoms. The summed E-state index contributed by atoms with van der Waals surface area (Å²) in [7, 11) is 1.61. The van der Waals surface area contributed by atoms with E-state index in [0.29, 0.717) is 15.9 Å². The molecule has 84 valence electrons. The topological polar surface area (TPSA) is 55.5 Å². The molecule has 0 aliphatic heterocycles. The SMILES string of the molecule is COc1ccc(-c2onc(Br)c2CO)cc1. The molecular weight excluding hydrogens is 274 g/mol. The molecule has 0 spiro atoms. The van der Waals surface area contributed by atoms with Crippen molar-refractivity contribution in [3.8, 4) is 17.1 Å². The summed E-state index contributed by atoms with van der Waals surface area (Å²) in [6, 6.07) is 7.36. The predicted molar refractivity (Wildman–Crippen MR) is 62.1 cm³/mol. The van der Waals surface area contributed by atoms with Crippen LogP contribution in [0.25, 0.3) is 11.3 Å². The van der Waals surface area contributed by atoms with Crippen LogP contribution in [-0.2, 0) is 6.61 Å². The van der Waals surface area contributed by atoms with Crippen LogP contribution in [-0.4, -0.2) is 17.4 Å². The number of aromatic nitrogens is 1. The monoisotopic (exact) mass is 283 g/mol. The van der Waals surface area contributed by atoms with Crippen molar-refractivity contribution < 1.29 is 14.4 Å². The van der Waals surface area contributed by atoms with Gasteiger partial charge in [-0.2, -0.15) is 0 Å². The zero-order valence-electron chi connectivity index (χ0n) is 8.61. The third-order valence-corrected chi connectivity index (χ3v) is 2.87. The third kappa shape index (κ3) is 1.96. The lowest BCUT2D eigenvalue weighted by Crippen LogP contribution is -1.86. The Morgan fingerprint density at radius 2 is 2.06 bits per heavy atom. The molecule has 0 amide bonds. The summed E-state index contributed by atoms with van der Waals surface area (Å²) in [6.45, 7) is -0.120. The summed E-state index contributed by atoms with van der Waals surface area (Å²) in [6.07, 6.45) is 0. The van der Waals surface area contributed by atoms with Crippen molar-refractivity contribution in [2.75, 3.05) is 7.11 Å². The highest BCUT2D eigenvalue weighted by Gasteiger charge is 2.14. The Balaban J connectivity index is 2.42. The maximum atomic E-state index is 9.20. The number of methoxy groups -OCH3 is 1. The molecule has 0 aliphatic carbocycles. The fraction of sp³-hybridized carbons (Fsp3) is 0.182. The minimum Gasteiger partial charge on any atom is -0.497 e. The molecule has 0 radical (unpaired) electrons. The van der Waals surface area contributed by atoms with Crippen molar-refractivity contribution in [3.05, 3.63) is 34.4 Å². The van der Waals surface area contributed by atoms with Crippen LogP contribution in [0.4, 0.5) is 0 Å². The number of hydrogen-bond acceptors (Lipinski definition) is 4. The van der Waals surface area contributed by atoms with Crippen molar-refractivity contribution in [1.82, 2.24) is 5.16 Å². The fourth-order valence-electron chi connectivity index (χ4n) is 1.40. The summed E-state index contributed by atoms with van der Waals surface area (Å²) in [5.74, 6) is 1.34. The zero-order chi connectivity index (χ0) is 11.5. The average molecular weight is 284 g/mol.